The molecule has 0 aliphatic carbocycles. The van der Waals surface area contributed by atoms with Crippen LogP contribution in [0, 0.1) is 17.0 Å². The Morgan fingerprint density at radius 2 is 1.36 bits per heavy atom. The summed E-state index contributed by atoms with van der Waals surface area (Å²) in [4.78, 5) is 23.0. The molecule has 3 aromatic rings. The summed E-state index contributed by atoms with van der Waals surface area (Å²) in [5.41, 5.74) is 2.95. The van der Waals surface area contributed by atoms with Crippen molar-refractivity contribution < 1.29 is 22.3 Å². The molecule has 0 aliphatic rings. The van der Waals surface area contributed by atoms with E-state index in [4.69, 9.17) is 4.18 Å². The molecule has 0 spiro atoms. The van der Waals surface area contributed by atoms with Crippen LogP contribution >= 0.6 is 0 Å². The maximum atomic E-state index is 13.1. The molecule has 0 aromatic heterocycles. The number of anilines is 2. The lowest BCUT2D eigenvalue weighted by Crippen LogP contribution is -2.20. The first-order valence-electron chi connectivity index (χ1n) is 11.4. The van der Waals surface area contributed by atoms with Gasteiger partial charge in [0.25, 0.3) is 5.69 Å². The molecule has 9 nitrogen and oxygen atoms in total. The van der Waals surface area contributed by atoms with Gasteiger partial charge in [-0.3, -0.25) is 10.1 Å². The molecule has 0 radical (unpaired) electrons. The lowest BCUT2D eigenvalue weighted by Gasteiger charge is -2.21. The largest absolute Gasteiger partial charge is 0.378 e. The Kier molecular flexibility index (Phi) is 7.99. The molecule has 0 heterocycles. The number of nitro groups is 1. The van der Waals surface area contributed by atoms with Gasteiger partial charge in [-0.2, -0.15) is 8.42 Å². The van der Waals surface area contributed by atoms with Gasteiger partial charge in [-0.15, -0.1) is 0 Å². The van der Waals surface area contributed by atoms with Gasteiger partial charge >= 0.3 is 16.1 Å². The van der Waals surface area contributed by atoms with Crippen molar-refractivity contribution in [3.63, 3.8) is 0 Å². The zero-order valence-electron chi connectivity index (χ0n) is 20.7. The first kappa shape index (κ1) is 26.7. The highest BCUT2D eigenvalue weighted by Crippen LogP contribution is 2.39. The van der Waals surface area contributed by atoms with Crippen molar-refractivity contribution in [1.82, 2.24) is 0 Å². The molecular formula is C26H29N3O6S. The molecule has 3 aromatic carbocycles. The second-order valence-corrected chi connectivity index (χ2v) is 10.6. The number of non-ortho nitro benzene ring substituents is 1. The van der Waals surface area contributed by atoms with Crippen LogP contribution in [0.2, 0.25) is 0 Å². The zero-order chi connectivity index (χ0) is 26.6. The van der Waals surface area contributed by atoms with Crippen LogP contribution in [-0.4, -0.2) is 19.4 Å². The summed E-state index contributed by atoms with van der Waals surface area (Å²) in [6.45, 7) is 9.50. The molecule has 190 valence electrons. The lowest BCUT2D eigenvalue weighted by molar-refractivity contribution is -0.384. The molecule has 0 saturated carbocycles. The Hall–Kier alpha value is -3.92. The summed E-state index contributed by atoms with van der Waals surface area (Å²) in [7, 11) is -4.08. The summed E-state index contributed by atoms with van der Waals surface area (Å²) in [5, 5.41) is 16.2. The van der Waals surface area contributed by atoms with E-state index in [0.717, 1.165) is 5.56 Å². The standard InChI is InChI=1S/C26H29N3O6S/c1-16(2)23-14-20(28-26(30)27-19-8-10-21(11-9-19)29(31)32)15-24(17(3)4)25(23)35-36(33,34)22-12-6-18(5)7-13-22/h6-17H,1-5H3,(H2,27,28,30). The Labute approximate surface area is 210 Å². The number of hydrogen-bond donors (Lipinski definition) is 2. The Morgan fingerprint density at radius 3 is 1.83 bits per heavy atom. The van der Waals surface area contributed by atoms with Crippen molar-refractivity contribution in [3.05, 3.63) is 87.5 Å². The fourth-order valence-electron chi connectivity index (χ4n) is 3.52. The first-order chi connectivity index (χ1) is 16.9. The predicted octanol–water partition coefficient (Wildman–Crippen LogP) is 6.56. The van der Waals surface area contributed by atoms with E-state index in [0.29, 0.717) is 22.5 Å². The second-order valence-electron chi connectivity index (χ2n) is 9.03. The van der Waals surface area contributed by atoms with Crippen molar-refractivity contribution in [2.45, 2.75) is 51.3 Å². The first-order valence-corrected chi connectivity index (χ1v) is 12.8. The SMILES string of the molecule is Cc1ccc(S(=O)(=O)Oc2c(C(C)C)cc(NC(=O)Nc3ccc([N+](=O)[O-])cc3)cc2C(C)C)cc1. The van der Waals surface area contributed by atoms with Gasteiger partial charge in [-0.1, -0.05) is 45.4 Å². The van der Waals surface area contributed by atoms with Gasteiger partial charge in [0.1, 0.15) is 10.6 Å². The van der Waals surface area contributed by atoms with Gasteiger partial charge in [0.2, 0.25) is 0 Å². The molecule has 0 aliphatic heterocycles. The van der Waals surface area contributed by atoms with Crippen LogP contribution in [0.4, 0.5) is 21.9 Å². The van der Waals surface area contributed by atoms with E-state index in [1.165, 1.54) is 36.4 Å². The number of benzene rings is 3. The van der Waals surface area contributed by atoms with Gasteiger partial charge < -0.3 is 14.8 Å². The van der Waals surface area contributed by atoms with Gasteiger partial charge in [0.15, 0.2) is 0 Å². The molecule has 0 unspecified atom stereocenters. The highest BCUT2D eigenvalue weighted by atomic mass is 32.2. The summed E-state index contributed by atoms with van der Waals surface area (Å²) in [6.07, 6.45) is 0. The molecule has 0 saturated heterocycles. The van der Waals surface area contributed by atoms with Crippen LogP contribution in [0.5, 0.6) is 5.75 Å². The number of nitro benzene ring substituents is 1. The fraction of sp³-hybridized carbons (Fsp3) is 0.269. The van der Waals surface area contributed by atoms with Crippen LogP contribution < -0.4 is 14.8 Å². The van der Waals surface area contributed by atoms with Crippen LogP contribution in [0.25, 0.3) is 0 Å². The van der Waals surface area contributed by atoms with Crippen molar-refractivity contribution in [3.8, 4) is 5.75 Å². The number of aryl methyl sites for hydroxylation is 1. The minimum absolute atomic E-state index is 0.0576. The number of amides is 2. The molecule has 2 N–H and O–H groups in total. The normalized spacial score (nSPS) is 11.4. The van der Waals surface area contributed by atoms with Gasteiger partial charge in [-0.25, -0.2) is 4.79 Å². The van der Waals surface area contributed by atoms with Crippen LogP contribution in [-0.2, 0) is 10.1 Å². The average molecular weight is 512 g/mol. The van der Waals surface area contributed by atoms with E-state index in [-0.39, 0.29) is 28.2 Å². The molecule has 36 heavy (non-hydrogen) atoms. The molecule has 2 amide bonds. The van der Waals surface area contributed by atoms with E-state index < -0.39 is 21.1 Å². The third kappa shape index (κ3) is 6.39. The van der Waals surface area contributed by atoms with E-state index >= 15 is 0 Å². The number of urea groups is 1. The minimum Gasteiger partial charge on any atom is -0.378 e. The number of nitrogens with one attached hydrogen (secondary N) is 2. The molecule has 0 atom stereocenters. The smallest absolute Gasteiger partial charge is 0.339 e. The highest BCUT2D eigenvalue weighted by Gasteiger charge is 2.24. The summed E-state index contributed by atoms with van der Waals surface area (Å²) in [6, 6.07) is 14.7. The number of hydrogen-bond acceptors (Lipinski definition) is 6. The van der Waals surface area contributed by atoms with E-state index in [2.05, 4.69) is 10.6 Å². The molecule has 0 fully saturated rings. The number of carbonyl (C=O) groups is 1. The maximum absolute atomic E-state index is 13.1. The highest BCUT2D eigenvalue weighted by molar-refractivity contribution is 7.87. The van der Waals surface area contributed by atoms with Crippen LogP contribution in [0.15, 0.2) is 65.6 Å². The number of nitrogens with zero attached hydrogens (tertiary/aromatic N) is 1. The van der Waals surface area contributed by atoms with Crippen molar-refractivity contribution >= 4 is 33.2 Å². The Balaban J connectivity index is 1.91. The van der Waals surface area contributed by atoms with Crippen molar-refractivity contribution in [1.29, 1.82) is 0 Å². The predicted molar refractivity (Wildman–Crippen MR) is 139 cm³/mol. The number of rotatable bonds is 8. The van der Waals surface area contributed by atoms with E-state index in [1.807, 2.05) is 34.6 Å². The fourth-order valence-corrected chi connectivity index (χ4v) is 4.50. The van der Waals surface area contributed by atoms with Gasteiger partial charge in [0.05, 0.1) is 4.92 Å². The third-order valence-electron chi connectivity index (χ3n) is 5.49. The summed E-state index contributed by atoms with van der Waals surface area (Å²) >= 11 is 0. The molecule has 10 heteroatoms. The van der Waals surface area contributed by atoms with E-state index in [1.54, 1.807) is 24.3 Å². The third-order valence-corrected chi connectivity index (χ3v) is 6.72. The Morgan fingerprint density at radius 1 is 0.861 bits per heavy atom. The molecular weight excluding hydrogens is 482 g/mol. The quantitative estimate of drug-likeness (QED) is 0.200. The van der Waals surface area contributed by atoms with E-state index in [9.17, 15) is 23.3 Å². The molecule has 0 bridgehead atoms. The van der Waals surface area contributed by atoms with Crippen molar-refractivity contribution in [2.24, 2.45) is 0 Å². The second kappa shape index (κ2) is 10.8. The monoisotopic (exact) mass is 511 g/mol. The molecule has 3 rings (SSSR count). The lowest BCUT2D eigenvalue weighted by atomic mass is 9.93. The van der Waals surface area contributed by atoms with Crippen LogP contribution in [0.3, 0.4) is 0 Å². The Bertz CT molecular complexity index is 1340. The average Bonchev–Trinajstić information content (AvgIpc) is 2.79. The minimum atomic E-state index is -4.08. The topological polar surface area (TPSA) is 128 Å². The van der Waals surface area contributed by atoms with Gasteiger partial charge in [-0.05, 0) is 55.2 Å². The van der Waals surface area contributed by atoms with Crippen molar-refractivity contribution in [2.75, 3.05) is 10.6 Å². The number of carbonyl (C=O) groups excluding carboxylic acids is 1. The summed E-state index contributed by atoms with van der Waals surface area (Å²) in [5.74, 6) is 0.0392. The van der Waals surface area contributed by atoms with Crippen LogP contribution in [0.1, 0.15) is 56.2 Å². The zero-order valence-corrected chi connectivity index (χ0v) is 21.5. The van der Waals surface area contributed by atoms with Gasteiger partial charge in [0, 0.05) is 34.6 Å². The maximum Gasteiger partial charge on any atom is 0.339 e. The summed E-state index contributed by atoms with van der Waals surface area (Å²) < 4.78 is 31.8.